The van der Waals surface area contributed by atoms with Gasteiger partial charge in [-0.1, -0.05) is 33.3 Å². The van der Waals surface area contributed by atoms with Gasteiger partial charge < -0.3 is 5.32 Å². The number of likely N-dealkylation sites (tertiary alicyclic amines) is 1. The molecule has 0 saturated carbocycles. The maximum absolute atomic E-state index is 4.78. The van der Waals surface area contributed by atoms with E-state index in [1.807, 2.05) is 0 Å². The summed E-state index contributed by atoms with van der Waals surface area (Å²) in [5, 5.41) is 3.46. The number of pyridine rings is 1. The molecule has 3 heteroatoms. The quantitative estimate of drug-likeness (QED) is 0.829. The van der Waals surface area contributed by atoms with E-state index < -0.39 is 0 Å². The number of aromatic nitrogens is 1. The van der Waals surface area contributed by atoms with E-state index >= 15 is 0 Å². The molecule has 2 heterocycles. The van der Waals surface area contributed by atoms with E-state index in [4.69, 9.17) is 4.98 Å². The summed E-state index contributed by atoms with van der Waals surface area (Å²) in [6.45, 7) is 12.2. The van der Waals surface area contributed by atoms with Crippen molar-refractivity contribution in [2.45, 2.75) is 46.7 Å². The van der Waals surface area contributed by atoms with E-state index in [2.05, 4.69) is 49.2 Å². The molecule has 1 aromatic rings. The summed E-state index contributed by atoms with van der Waals surface area (Å²) in [6.07, 6.45) is 2.66. The van der Waals surface area contributed by atoms with E-state index in [9.17, 15) is 0 Å². The van der Waals surface area contributed by atoms with Gasteiger partial charge in [0.25, 0.3) is 0 Å². The Morgan fingerprint density at radius 2 is 2.15 bits per heavy atom. The summed E-state index contributed by atoms with van der Waals surface area (Å²) < 4.78 is 0. The summed E-state index contributed by atoms with van der Waals surface area (Å²) in [6, 6.07) is 6.42. The summed E-state index contributed by atoms with van der Waals surface area (Å²) >= 11 is 0. The van der Waals surface area contributed by atoms with Gasteiger partial charge in [-0.25, -0.2) is 0 Å². The Morgan fingerprint density at radius 3 is 2.85 bits per heavy atom. The van der Waals surface area contributed by atoms with Crippen LogP contribution in [0.5, 0.6) is 0 Å². The van der Waals surface area contributed by atoms with Crippen molar-refractivity contribution in [2.75, 3.05) is 19.6 Å². The summed E-state index contributed by atoms with van der Waals surface area (Å²) in [5.74, 6) is 1.58. The fourth-order valence-electron chi connectivity index (χ4n) is 2.82. The number of nitrogens with zero attached hydrogens (tertiary/aromatic N) is 2. The normalized spacial score (nSPS) is 19.9. The van der Waals surface area contributed by atoms with Crippen molar-refractivity contribution in [3.63, 3.8) is 0 Å². The minimum atomic E-state index is 0.689. The van der Waals surface area contributed by atoms with Crippen molar-refractivity contribution in [3.05, 3.63) is 29.6 Å². The predicted molar refractivity (Wildman–Crippen MR) is 84.5 cm³/mol. The van der Waals surface area contributed by atoms with Crippen molar-refractivity contribution >= 4 is 0 Å². The van der Waals surface area contributed by atoms with Crippen LogP contribution in [0.1, 0.15) is 45.0 Å². The Hall–Kier alpha value is -0.930. The molecule has 1 N–H and O–H groups in total. The van der Waals surface area contributed by atoms with E-state index in [0.29, 0.717) is 5.92 Å². The van der Waals surface area contributed by atoms with Gasteiger partial charge in [0.1, 0.15) is 0 Å². The molecule has 1 saturated heterocycles. The monoisotopic (exact) mass is 275 g/mol. The summed E-state index contributed by atoms with van der Waals surface area (Å²) in [7, 11) is 0. The third-order valence-corrected chi connectivity index (χ3v) is 4.06. The van der Waals surface area contributed by atoms with Gasteiger partial charge in [0.05, 0.1) is 11.4 Å². The van der Waals surface area contributed by atoms with Crippen LogP contribution < -0.4 is 5.32 Å². The highest BCUT2D eigenvalue weighted by molar-refractivity contribution is 5.11. The molecule has 0 aliphatic carbocycles. The Bertz CT molecular complexity index is 403. The lowest BCUT2D eigenvalue weighted by Crippen LogP contribution is -2.22. The van der Waals surface area contributed by atoms with Gasteiger partial charge in [-0.15, -0.1) is 0 Å². The SMILES string of the molecule is CCC1CCN(Cc2cccc(CNCC(C)C)n2)C1. The van der Waals surface area contributed by atoms with Gasteiger partial charge in [-0.2, -0.15) is 0 Å². The van der Waals surface area contributed by atoms with Crippen molar-refractivity contribution in [2.24, 2.45) is 11.8 Å². The molecule has 1 aliphatic rings. The Labute approximate surface area is 123 Å². The average Bonchev–Trinajstić information content (AvgIpc) is 2.86. The fraction of sp³-hybridized carbons (Fsp3) is 0.706. The van der Waals surface area contributed by atoms with Gasteiger partial charge in [-0.05, 0) is 43.5 Å². The third kappa shape index (κ3) is 4.88. The van der Waals surface area contributed by atoms with Gasteiger partial charge >= 0.3 is 0 Å². The Kier molecular flexibility index (Phi) is 5.99. The molecule has 0 aromatic carbocycles. The molecule has 20 heavy (non-hydrogen) atoms. The van der Waals surface area contributed by atoms with E-state index in [0.717, 1.165) is 31.2 Å². The highest BCUT2D eigenvalue weighted by Crippen LogP contribution is 2.20. The first-order valence-corrected chi connectivity index (χ1v) is 8.05. The van der Waals surface area contributed by atoms with Crippen LogP contribution in [0, 0.1) is 11.8 Å². The van der Waals surface area contributed by atoms with E-state index in [-0.39, 0.29) is 0 Å². The number of hydrogen-bond acceptors (Lipinski definition) is 3. The van der Waals surface area contributed by atoms with Crippen LogP contribution in [0.4, 0.5) is 0 Å². The maximum Gasteiger partial charge on any atom is 0.0547 e. The summed E-state index contributed by atoms with van der Waals surface area (Å²) in [4.78, 5) is 7.32. The number of hydrogen-bond donors (Lipinski definition) is 1. The third-order valence-electron chi connectivity index (χ3n) is 4.06. The number of rotatable bonds is 7. The smallest absolute Gasteiger partial charge is 0.0547 e. The zero-order valence-corrected chi connectivity index (χ0v) is 13.2. The zero-order chi connectivity index (χ0) is 14.4. The molecule has 2 rings (SSSR count). The topological polar surface area (TPSA) is 28.2 Å². The highest BCUT2D eigenvalue weighted by atomic mass is 15.1. The molecule has 0 radical (unpaired) electrons. The van der Waals surface area contributed by atoms with Crippen LogP contribution in [0.25, 0.3) is 0 Å². The molecule has 1 aromatic heterocycles. The van der Waals surface area contributed by atoms with Crippen LogP contribution in [-0.2, 0) is 13.1 Å². The van der Waals surface area contributed by atoms with E-state index in [1.165, 1.54) is 31.6 Å². The van der Waals surface area contributed by atoms with Crippen molar-refractivity contribution in [1.82, 2.24) is 15.2 Å². The maximum atomic E-state index is 4.78. The second-order valence-corrected chi connectivity index (χ2v) is 6.44. The molecule has 1 atom stereocenters. The van der Waals surface area contributed by atoms with Gasteiger partial charge in [0, 0.05) is 19.6 Å². The molecular formula is C17H29N3. The van der Waals surface area contributed by atoms with Crippen molar-refractivity contribution in [3.8, 4) is 0 Å². The zero-order valence-electron chi connectivity index (χ0n) is 13.2. The van der Waals surface area contributed by atoms with Crippen LogP contribution in [-0.4, -0.2) is 29.5 Å². The fourth-order valence-corrected chi connectivity index (χ4v) is 2.82. The van der Waals surface area contributed by atoms with Gasteiger partial charge in [0.15, 0.2) is 0 Å². The Morgan fingerprint density at radius 1 is 1.35 bits per heavy atom. The van der Waals surface area contributed by atoms with Crippen molar-refractivity contribution in [1.29, 1.82) is 0 Å². The minimum Gasteiger partial charge on any atom is -0.311 e. The lowest BCUT2D eigenvalue weighted by atomic mass is 10.1. The molecule has 1 fully saturated rings. The average molecular weight is 275 g/mol. The van der Waals surface area contributed by atoms with Crippen LogP contribution in [0.2, 0.25) is 0 Å². The first kappa shape index (κ1) is 15.5. The van der Waals surface area contributed by atoms with Crippen LogP contribution in [0.15, 0.2) is 18.2 Å². The molecule has 1 unspecified atom stereocenters. The van der Waals surface area contributed by atoms with Crippen LogP contribution >= 0.6 is 0 Å². The highest BCUT2D eigenvalue weighted by Gasteiger charge is 2.20. The molecule has 1 aliphatic heterocycles. The number of nitrogens with one attached hydrogen (secondary N) is 1. The second kappa shape index (κ2) is 7.75. The van der Waals surface area contributed by atoms with Gasteiger partial charge in [-0.3, -0.25) is 9.88 Å². The molecule has 0 amide bonds. The lowest BCUT2D eigenvalue weighted by Gasteiger charge is -2.15. The summed E-state index contributed by atoms with van der Waals surface area (Å²) in [5.41, 5.74) is 2.37. The second-order valence-electron chi connectivity index (χ2n) is 6.44. The predicted octanol–water partition coefficient (Wildman–Crippen LogP) is 3.06. The lowest BCUT2D eigenvalue weighted by molar-refractivity contribution is 0.311. The van der Waals surface area contributed by atoms with E-state index in [1.54, 1.807) is 0 Å². The van der Waals surface area contributed by atoms with Gasteiger partial charge in [0.2, 0.25) is 0 Å². The molecule has 0 bridgehead atoms. The molecule has 3 nitrogen and oxygen atoms in total. The van der Waals surface area contributed by atoms with Crippen molar-refractivity contribution < 1.29 is 0 Å². The first-order valence-electron chi connectivity index (χ1n) is 8.05. The molecule has 112 valence electrons. The first-order chi connectivity index (χ1) is 9.67. The van der Waals surface area contributed by atoms with Crippen LogP contribution in [0.3, 0.4) is 0 Å². The molecular weight excluding hydrogens is 246 g/mol. The minimum absolute atomic E-state index is 0.689. The molecule has 0 spiro atoms. The largest absolute Gasteiger partial charge is 0.311 e. The standard InChI is InChI=1S/C17H29N3/c1-4-15-8-9-20(12-15)13-17-7-5-6-16(19-17)11-18-10-14(2)3/h5-7,14-15,18H,4,8-13H2,1-3H3. The Balaban J connectivity index is 1.83.